The largest absolute Gasteiger partial charge is 0.396 e. The van der Waals surface area contributed by atoms with Gasteiger partial charge in [-0.3, -0.25) is 9.59 Å². The second-order valence-electron chi connectivity index (χ2n) is 17.0. The highest BCUT2D eigenvalue weighted by atomic mass is 16.7. The summed E-state index contributed by atoms with van der Waals surface area (Å²) in [5.74, 6) is -0.292. The summed E-state index contributed by atoms with van der Waals surface area (Å²) < 4.78 is 12.0. The molecule has 0 radical (unpaired) electrons. The fourth-order valence-corrected chi connectivity index (χ4v) is 9.90. The lowest BCUT2D eigenvalue weighted by Crippen LogP contribution is -2.47. The van der Waals surface area contributed by atoms with Crippen molar-refractivity contribution >= 4 is 44.5 Å². The Hall–Kier alpha value is -3.82. The summed E-state index contributed by atoms with van der Waals surface area (Å²) >= 11 is 0. The number of carbonyl (C=O) groups is 2. The number of aliphatic hydroxyl groups is 2. The number of ether oxygens (including phenoxy) is 2. The van der Waals surface area contributed by atoms with Gasteiger partial charge in [-0.2, -0.15) is 0 Å². The normalized spacial score (nSPS) is 20.9. The summed E-state index contributed by atoms with van der Waals surface area (Å²) in [7, 11) is 0. The van der Waals surface area contributed by atoms with Crippen LogP contribution in [0.1, 0.15) is 96.3 Å². The molecule has 3 aliphatic heterocycles. The number of fused-ring (bicyclic) bond motifs is 4. The van der Waals surface area contributed by atoms with Gasteiger partial charge in [0.05, 0.1) is 26.4 Å². The Bertz CT molecular complexity index is 2080. The molecule has 0 bridgehead atoms. The second kappa shape index (κ2) is 13.8. The highest BCUT2D eigenvalue weighted by Gasteiger charge is 2.45. The van der Waals surface area contributed by atoms with Gasteiger partial charge in [0, 0.05) is 70.3 Å². The number of aliphatic hydroxyl groups excluding tert-OH is 2. The molecule has 2 aliphatic carbocycles. The van der Waals surface area contributed by atoms with Crippen LogP contribution < -0.4 is 9.80 Å². The number of rotatable bonds is 6. The van der Waals surface area contributed by atoms with Crippen LogP contribution in [0.4, 0.5) is 11.4 Å². The van der Waals surface area contributed by atoms with Crippen LogP contribution in [-0.4, -0.2) is 80.2 Å². The van der Waals surface area contributed by atoms with Crippen molar-refractivity contribution in [2.75, 3.05) is 62.4 Å². The van der Waals surface area contributed by atoms with Crippen molar-refractivity contribution in [3.8, 4) is 0 Å². The first kappa shape index (κ1) is 36.2. The Morgan fingerprint density at radius 1 is 0.642 bits per heavy atom. The second-order valence-corrected chi connectivity index (χ2v) is 17.0. The minimum Gasteiger partial charge on any atom is -0.396 e. The van der Waals surface area contributed by atoms with Crippen LogP contribution in [0.5, 0.6) is 0 Å². The number of Topliss-reactive ketones (excluding diaryl/α,β-unsaturated/α-hetero) is 2. The molecule has 4 aromatic carbocycles. The molecule has 4 aromatic rings. The third-order valence-electron chi connectivity index (χ3n) is 12.7. The smallest absolute Gasteiger partial charge is 0.162 e. The predicted octanol–water partition coefficient (Wildman–Crippen LogP) is 7.22. The van der Waals surface area contributed by atoms with Gasteiger partial charge in [0.15, 0.2) is 17.4 Å². The molecule has 0 saturated carbocycles. The van der Waals surface area contributed by atoms with E-state index < -0.39 is 11.2 Å². The van der Waals surface area contributed by atoms with Crippen LogP contribution in [0.25, 0.3) is 21.5 Å². The van der Waals surface area contributed by atoms with Gasteiger partial charge in [0.25, 0.3) is 0 Å². The standard InChI is InChI=1S/C24H29NO3.C21H25NO3/c1-16(26)22-18-7-6-8-21(25-9-4-5-10-25)19(18)11-17-12-24(13-20(17)22)14-27-23(2,3)28-15-24;1-14(25)20-16-5-4-6-19(22-7-2-3-8-22)17(16)9-15-10-21(12-23,13-24)11-18(15)20/h6-8,11H,4-5,9-10,12-15H2,1-3H3;4-6,9,23-24H,2-3,7-8,10-13H2,1H3. The van der Waals surface area contributed by atoms with E-state index in [1.54, 1.807) is 13.8 Å². The lowest BCUT2D eigenvalue weighted by Gasteiger charge is -2.41. The molecule has 0 amide bonds. The van der Waals surface area contributed by atoms with Crippen LogP contribution in [-0.2, 0) is 35.2 Å². The molecular weight excluding hydrogens is 665 g/mol. The molecule has 3 saturated heterocycles. The van der Waals surface area contributed by atoms with Crippen LogP contribution in [0.3, 0.4) is 0 Å². The predicted molar refractivity (Wildman–Crippen MR) is 211 cm³/mol. The SMILES string of the molecule is CC(=O)c1c2c(cc3c(N4CCCC4)cccc13)CC(CO)(CO)C2.CC(=O)c1c2c(cc3c(N4CCCC4)cccc13)CC1(COC(C)(C)OC1)C2. The molecule has 9 rings (SSSR count). The summed E-state index contributed by atoms with van der Waals surface area (Å²) in [4.78, 5) is 30.1. The zero-order chi connectivity index (χ0) is 37.1. The molecule has 2 N–H and O–H groups in total. The monoisotopic (exact) mass is 718 g/mol. The van der Waals surface area contributed by atoms with E-state index in [2.05, 4.69) is 46.2 Å². The summed E-state index contributed by atoms with van der Waals surface area (Å²) in [6.45, 7) is 12.8. The molecule has 280 valence electrons. The quantitative estimate of drug-likeness (QED) is 0.202. The fraction of sp³-hybridized carbons (Fsp3) is 0.511. The van der Waals surface area contributed by atoms with Crippen molar-refractivity contribution in [2.24, 2.45) is 10.8 Å². The summed E-state index contributed by atoms with van der Waals surface area (Å²) in [5, 5.41) is 24.1. The fourth-order valence-electron chi connectivity index (χ4n) is 9.90. The Morgan fingerprint density at radius 3 is 1.55 bits per heavy atom. The molecular formula is C45H54N2O6. The first-order chi connectivity index (χ1) is 25.5. The van der Waals surface area contributed by atoms with E-state index in [-0.39, 0.29) is 30.2 Å². The van der Waals surface area contributed by atoms with E-state index in [0.29, 0.717) is 26.1 Å². The molecule has 5 aliphatic rings. The third-order valence-corrected chi connectivity index (χ3v) is 12.7. The maximum absolute atomic E-state index is 12.7. The van der Waals surface area contributed by atoms with Crippen molar-refractivity contribution in [1.29, 1.82) is 0 Å². The average molecular weight is 719 g/mol. The highest BCUT2D eigenvalue weighted by molar-refractivity contribution is 6.13. The van der Waals surface area contributed by atoms with Gasteiger partial charge >= 0.3 is 0 Å². The molecule has 0 aromatic heterocycles. The van der Waals surface area contributed by atoms with Gasteiger partial charge in [-0.05, 0) is 136 Å². The maximum Gasteiger partial charge on any atom is 0.162 e. The number of anilines is 2. The van der Waals surface area contributed by atoms with Crippen LogP contribution in [0, 0.1) is 10.8 Å². The zero-order valence-electron chi connectivity index (χ0n) is 31.9. The zero-order valence-corrected chi connectivity index (χ0v) is 31.9. The van der Waals surface area contributed by atoms with E-state index in [0.717, 1.165) is 77.4 Å². The van der Waals surface area contributed by atoms with Crippen molar-refractivity contribution in [1.82, 2.24) is 0 Å². The number of benzene rings is 4. The molecule has 3 heterocycles. The Morgan fingerprint density at radius 2 is 1.09 bits per heavy atom. The average Bonchev–Trinajstić information content (AvgIpc) is 3.97. The van der Waals surface area contributed by atoms with Gasteiger partial charge in [-0.1, -0.05) is 24.3 Å². The Balaban J connectivity index is 0.000000152. The van der Waals surface area contributed by atoms with Gasteiger partial charge in [-0.25, -0.2) is 0 Å². The van der Waals surface area contributed by atoms with Gasteiger partial charge in [0.2, 0.25) is 0 Å². The van der Waals surface area contributed by atoms with Gasteiger partial charge in [-0.15, -0.1) is 0 Å². The summed E-state index contributed by atoms with van der Waals surface area (Å²) in [5.41, 5.74) is 8.21. The van der Waals surface area contributed by atoms with Crippen molar-refractivity contribution in [2.45, 2.75) is 84.8 Å². The summed E-state index contributed by atoms with van der Waals surface area (Å²) in [6.07, 6.45) is 7.87. The maximum atomic E-state index is 12.7. The molecule has 3 fully saturated rings. The molecule has 53 heavy (non-hydrogen) atoms. The number of carbonyl (C=O) groups excluding carboxylic acids is 2. The van der Waals surface area contributed by atoms with Crippen molar-refractivity contribution in [3.63, 3.8) is 0 Å². The van der Waals surface area contributed by atoms with Crippen LogP contribution >= 0.6 is 0 Å². The van der Waals surface area contributed by atoms with E-state index in [1.165, 1.54) is 53.6 Å². The molecule has 0 atom stereocenters. The van der Waals surface area contributed by atoms with E-state index in [4.69, 9.17) is 9.47 Å². The van der Waals surface area contributed by atoms with Crippen LogP contribution in [0.15, 0.2) is 48.5 Å². The number of hydrogen-bond donors (Lipinski definition) is 2. The molecule has 8 nitrogen and oxygen atoms in total. The number of hydrogen-bond acceptors (Lipinski definition) is 8. The topological polar surface area (TPSA) is 99.5 Å². The Labute approximate surface area is 313 Å². The number of nitrogens with zero attached hydrogens (tertiary/aromatic N) is 2. The number of ketones is 2. The minimum atomic E-state index is -0.544. The minimum absolute atomic E-state index is 0.0484. The summed E-state index contributed by atoms with van der Waals surface area (Å²) in [6, 6.07) is 17.2. The molecule has 8 heteroatoms. The van der Waals surface area contributed by atoms with Crippen molar-refractivity contribution < 1.29 is 29.3 Å². The van der Waals surface area contributed by atoms with Gasteiger partial charge < -0.3 is 29.5 Å². The van der Waals surface area contributed by atoms with E-state index in [9.17, 15) is 19.8 Å². The van der Waals surface area contributed by atoms with E-state index in [1.807, 2.05) is 26.0 Å². The third kappa shape index (κ3) is 6.45. The first-order valence-electron chi connectivity index (χ1n) is 19.6. The van der Waals surface area contributed by atoms with Crippen molar-refractivity contribution in [3.05, 3.63) is 81.9 Å². The van der Waals surface area contributed by atoms with Crippen LogP contribution in [0.2, 0.25) is 0 Å². The van der Waals surface area contributed by atoms with E-state index >= 15 is 0 Å². The molecule has 1 spiro atoms. The Kier molecular flexibility index (Phi) is 9.41. The molecule has 0 unspecified atom stereocenters. The lowest BCUT2D eigenvalue weighted by molar-refractivity contribution is -0.283. The van der Waals surface area contributed by atoms with Gasteiger partial charge in [0.1, 0.15) is 0 Å². The highest BCUT2D eigenvalue weighted by Crippen LogP contribution is 2.47. The first-order valence-corrected chi connectivity index (χ1v) is 19.6. The lowest BCUT2D eigenvalue weighted by atomic mass is 9.85.